The summed E-state index contributed by atoms with van der Waals surface area (Å²) >= 11 is 0. The second kappa shape index (κ2) is 7.94. The van der Waals surface area contributed by atoms with Crippen LogP contribution in [0.1, 0.15) is 27.9 Å². The fourth-order valence-electron chi connectivity index (χ4n) is 5.13. The third kappa shape index (κ3) is 3.16. The molecule has 0 aliphatic carbocycles. The van der Waals surface area contributed by atoms with Crippen molar-refractivity contribution in [3.63, 3.8) is 0 Å². The number of fused-ring (bicyclic) bond motifs is 6. The Morgan fingerprint density at radius 1 is 1.06 bits per heavy atom. The van der Waals surface area contributed by atoms with E-state index >= 15 is 0 Å². The molecule has 1 aliphatic heterocycles. The van der Waals surface area contributed by atoms with Crippen molar-refractivity contribution in [3.05, 3.63) is 118 Å². The maximum Gasteiger partial charge on any atom is 0.251 e. The van der Waals surface area contributed by atoms with E-state index in [1.54, 1.807) is 36.3 Å². The van der Waals surface area contributed by atoms with E-state index in [9.17, 15) is 10.1 Å². The molecule has 1 unspecified atom stereocenters. The van der Waals surface area contributed by atoms with Crippen molar-refractivity contribution >= 4 is 10.9 Å². The minimum absolute atomic E-state index is 0.100. The van der Waals surface area contributed by atoms with Gasteiger partial charge in [-0.25, -0.2) is 4.98 Å². The molecular weight excluding hydrogens is 450 g/mol. The van der Waals surface area contributed by atoms with Crippen LogP contribution in [-0.2, 0) is 26.2 Å². The molecule has 0 amide bonds. The normalized spacial score (nSPS) is 16.5. The highest BCUT2D eigenvalue weighted by atomic mass is 16.5. The Balaban J connectivity index is 1.77. The molecule has 6 bridgehead atoms. The first-order valence-corrected chi connectivity index (χ1v) is 11.6. The summed E-state index contributed by atoms with van der Waals surface area (Å²) in [6, 6.07) is 23.2. The maximum absolute atomic E-state index is 12.9. The first-order valence-electron chi connectivity index (χ1n) is 11.6. The van der Waals surface area contributed by atoms with Gasteiger partial charge in [0.1, 0.15) is 17.9 Å². The number of pyridine rings is 1. The first kappa shape index (κ1) is 21.8. The number of hydrogen-bond acceptors (Lipinski definition) is 5. The predicted molar refractivity (Wildman–Crippen MR) is 137 cm³/mol. The first-order chi connectivity index (χ1) is 17.4. The lowest BCUT2D eigenvalue weighted by Gasteiger charge is -2.32. The summed E-state index contributed by atoms with van der Waals surface area (Å²) in [5.41, 5.74) is 12.3. The van der Waals surface area contributed by atoms with E-state index in [0.29, 0.717) is 11.3 Å². The maximum atomic E-state index is 12.9. The monoisotopic (exact) mass is 473 g/mol. The molecule has 36 heavy (non-hydrogen) atoms. The predicted octanol–water partition coefficient (Wildman–Crippen LogP) is 3.95. The number of imidazole rings is 1. The molecule has 1 aliphatic rings. The molecule has 3 aromatic carbocycles. The number of ether oxygens (including phenoxy) is 1. The average molecular weight is 474 g/mol. The van der Waals surface area contributed by atoms with Crippen molar-refractivity contribution in [1.29, 1.82) is 5.26 Å². The van der Waals surface area contributed by atoms with E-state index in [1.165, 1.54) is 0 Å². The molecule has 0 saturated carbocycles. The molecular formula is C29H23N5O2. The molecule has 6 rings (SSSR count). The number of hydrogen-bond donors (Lipinski definition) is 1. The van der Waals surface area contributed by atoms with Gasteiger partial charge in [-0.1, -0.05) is 24.3 Å². The molecule has 2 N–H and O–H groups in total. The largest absolute Gasteiger partial charge is 0.489 e. The quantitative estimate of drug-likeness (QED) is 0.397. The van der Waals surface area contributed by atoms with Crippen LogP contribution in [0.4, 0.5) is 0 Å². The van der Waals surface area contributed by atoms with E-state index in [2.05, 4.69) is 17.1 Å². The van der Waals surface area contributed by atoms with Crippen molar-refractivity contribution in [2.24, 2.45) is 19.8 Å². The smallest absolute Gasteiger partial charge is 0.251 e. The molecule has 0 saturated heterocycles. The molecule has 0 spiro atoms. The molecule has 0 radical (unpaired) electrons. The Morgan fingerprint density at radius 2 is 1.86 bits per heavy atom. The Morgan fingerprint density at radius 3 is 2.64 bits per heavy atom. The zero-order valence-electron chi connectivity index (χ0n) is 19.9. The van der Waals surface area contributed by atoms with Gasteiger partial charge < -0.3 is 19.6 Å². The van der Waals surface area contributed by atoms with Crippen LogP contribution in [0.25, 0.3) is 22.0 Å². The highest BCUT2D eigenvalue weighted by Gasteiger charge is 2.36. The van der Waals surface area contributed by atoms with Gasteiger partial charge in [0.05, 0.1) is 35.4 Å². The lowest BCUT2D eigenvalue weighted by atomic mass is 9.79. The number of benzene rings is 3. The Kier molecular flexibility index (Phi) is 4.82. The minimum atomic E-state index is -1.08. The van der Waals surface area contributed by atoms with Gasteiger partial charge in [0, 0.05) is 31.1 Å². The third-order valence-corrected chi connectivity index (χ3v) is 7.14. The van der Waals surface area contributed by atoms with Gasteiger partial charge >= 0.3 is 0 Å². The Labute approximate surface area is 207 Å². The number of nitriles is 1. The highest BCUT2D eigenvalue weighted by Crippen LogP contribution is 2.39. The van der Waals surface area contributed by atoms with Crippen LogP contribution >= 0.6 is 0 Å². The van der Waals surface area contributed by atoms with Crippen molar-refractivity contribution < 1.29 is 4.74 Å². The average Bonchev–Trinajstić information content (AvgIpc) is 3.34. The molecule has 0 fully saturated rings. The summed E-state index contributed by atoms with van der Waals surface area (Å²) in [4.78, 5) is 17.2. The number of nitrogens with two attached hydrogens (primary N) is 1. The Bertz CT molecular complexity index is 1780. The SMILES string of the molecule is Cn1cncc1C1(N)c2ccc(C#N)c(c2)COc2cccc(c2)-c2cc(=O)n(C)c3ccc1cc23. The molecule has 7 heteroatoms. The van der Waals surface area contributed by atoms with Gasteiger partial charge in [0.2, 0.25) is 0 Å². The van der Waals surface area contributed by atoms with Crippen LogP contribution in [0.15, 0.2) is 84.0 Å². The molecule has 1 atom stereocenters. The lowest BCUT2D eigenvalue weighted by Crippen LogP contribution is -2.41. The van der Waals surface area contributed by atoms with Crippen LogP contribution in [0, 0.1) is 11.3 Å². The van der Waals surface area contributed by atoms with Gasteiger partial charge in [0.15, 0.2) is 0 Å². The topological polar surface area (TPSA) is 98.9 Å². The summed E-state index contributed by atoms with van der Waals surface area (Å²) in [7, 11) is 3.68. The Hall–Kier alpha value is -4.67. The van der Waals surface area contributed by atoms with Crippen LogP contribution in [0.3, 0.4) is 0 Å². The fraction of sp³-hybridized carbons (Fsp3) is 0.138. The molecule has 176 valence electrons. The van der Waals surface area contributed by atoms with Gasteiger partial charge in [-0.05, 0) is 58.7 Å². The molecule has 7 nitrogen and oxygen atoms in total. The van der Waals surface area contributed by atoms with Gasteiger partial charge in [-0.3, -0.25) is 4.79 Å². The number of aromatic nitrogens is 3. The zero-order valence-corrected chi connectivity index (χ0v) is 19.9. The zero-order chi connectivity index (χ0) is 25.0. The van der Waals surface area contributed by atoms with Crippen molar-refractivity contribution in [2.45, 2.75) is 12.1 Å². The van der Waals surface area contributed by atoms with Crippen LogP contribution < -0.4 is 16.0 Å². The van der Waals surface area contributed by atoms with Crippen molar-refractivity contribution in [1.82, 2.24) is 14.1 Å². The number of nitrogens with zero attached hydrogens (tertiary/aromatic N) is 4. The summed E-state index contributed by atoms with van der Waals surface area (Å²) in [5, 5.41) is 10.7. The van der Waals surface area contributed by atoms with Crippen LogP contribution in [0.2, 0.25) is 0 Å². The van der Waals surface area contributed by atoms with Crippen molar-refractivity contribution in [2.75, 3.05) is 0 Å². The molecule has 5 aromatic rings. The van der Waals surface area contributed by atoms with E-state index in [-0.39, 0.29) is 12.2 Å². The van der Waals surface area contributed by atoms with E-state index in [4.69, 9.17) is 10.5 Å². The fourth-order valence-corrected chi connectivity index (χ4v) is 5.13. The van der Waals surface area contributed by atoms with Gasteiger partial charge in [-0.15, -0.1) is 0 Å². The lowest BCUT2D eigenvalue weighted by molar-refractivity contribution is 0.306. The number of aryl methyl sites for hydroxylation is 2. The standard InChI is InChI=1S/C29H23N5O2/c1-33-17-32-15-27(33)29(31)21-7-6-19(14-30)20(10-21)16-36-23-5-3-4-18(11-23)24-13-28(35)34(2)26-9-8-22(29)12-25(24)26/h3-13,15,17H,16,31H2,1-2H3. The van der Waals surface area contributed by atoms with Crippen molar-refractivity contribution in [3.8, 4) is 22.9 Å². The van der Waals surface area contributed by atoms with E-state index in [0.717, 1.165) is 44.4 Å². The molecule has 2 aromatic heterocycles. The third-order valence-electron chi connectivity index (χ3n) is 7.14. The van der Waals surface area contributed by atoms with Crippen LogP contribution in [0.5, 0.6) is 5.75 Å². The van der Waals surface area contributed by atoms with Gasteiger partial charge in [-0.2, -0.15) is 5.26 Å². The highest BCUT2D eigenvalue weighted by molar-refractivity contribution is 5.95. The van der Waals surface area contributed by atoms with Crippen LogP contribution in [-0.4, -0.2) is 14.1 Å². The second-order valence-corrected chi connectivity index (χ2v) is 9.19. The summed E-state index contributed by atoms with van der Waals surface area (Å²) in [6.45, 7) is 0.200. The number of rotatable bonds is 1. The summed E-state index contributed by atoms with van der Waals surface area (Å²) < 4.78 is 9.69. The minimum Gasteiger partial charge on any atom is -0.489 e. The van der Waals surface area contributed by atoms with E-state index in [1.807, 2.05) is 60.1 Å². The van der Waals surface area contributed by atoms with Gasteiger partial charge in [0.25, 0.3) is 5.56 Å². The summed E-state index contributed by atoms with van der Waals surface area (Å²) in [5.74, 6) is 0.650. The van der Waals surface area contributed by atoms with E-state index < -0.39 is 5.54 Å². The summed E-state index contributed by atoms with van der Waals surface area (Å²) in [6.07, 6.45) is 3.49. The second-order valence-electron chi connectivity index (χ2n) is 9.19. The molecule has 3 heterocycles.